The minimum atomic E-state index is 0.0386. The van der Waals surface area contributed by atoms with Crippen molar-refractivity contribution in [2.24, 2.45) is 0 Å². The molecule has 4 aromatic rings. The molecule has 186 valence electrons. The van der Waals surface area contributed by atoms with Gasteiger partial charge in [-0.3, -0.25) is 4.79 Å². The Kier molecular flexibility index (Phi) is 6.94. The van der Waals surface area contributed by atoms with Crippen LogP contribution in [-0.4, -0.2) is 35.2 Å². The highest BCUT2D eigenvalue weighted by Gasteiger charge is 2.34. The quantitative estimate of drug-likeness (QED) is 0.272. The van der Waals surface area contributed by atoms with Crippen molar-refractivity contribution in [1.82, 2.24) is 9.55 Å². The number of nitrogens with zero attached hydrogens (tertiary/aromatic N) is 3. The normalized spacial score (nSPS) is 15.6. The Morgan fingerprint density at radius 1 is 1.00 bits per heavy atom. The maximum absolute atomic E-state index is 13.0. The monoisotopic (exact) mass is 483 g/mol. The highest BCUT2D eigenvalue weighted by molar-refractivity contribution is 5.96. The van der Waals surface area contributed by atoms with Gasteiger partial charge in [-0.15, -0.1) is 0 Å². The zero-order valence-corrected chi connectivity index (χ0v) is 21.2. The highest BCUT2D eigenvalue weighted by Crippen LogP contribution is 2.34. The van der Waals surface area contributed by atoms with Crippen LogP contribution in [0.3, 0.4) is 0 Å². The molecule has 1 unspecified atom stereocenters. The third-order valence-electron chi connectivity index (χ3n) is 6.75. The number of carbonyl (C=O) groups excluding carboxylic acids is 1. The molecule has 1 fully saturated rings. The standard InChI is InChI=1S/C30H33N3O3/c1-4-35-25-13-11-24(12-14-25)33-20-23(19-29(33)34)30-31-26-8-5-6-9-27(26)32(30)16-7-17-36-28-15-10-21(2)18-22(28)3/h5-6,8-15,18,23H,4,7,16-17,19-20H2,1-3H3. The molecule has 0 saturated carbocycles. The number of anilines is 1. The van der Waals surface area contributed by atoms with E-state index in [0.717, 1.165) is 52.6 Å². The van der Waals surface area contributed by atoms with Gasteiger partial charge in [0.25, 0.3) is 0 Å². The lowest BCUT2D eigenvalue weighted by molar-refractivity contribution is -0.117. The van der Waals surface area contributed by atoms with Gasteiger partial charge in [0.1, 0.15) is 17.3 Å². The van der Waals surface area contributed by atoms with Gasteiger partial charge in [-0.2, -0.15) is 0 Å². The third kappa shape index (κ3) is 4.94. The average molecular weight is 484 g/mol. The summed E-state index contributed by atoms with van der Waals surface area (Å²) in [6, 6.07) is 22.2. The maximum atomic E-state index is 13.0. The Hall–Kier alpha value is -3.80. The van der Waals surface area contributed by atoms with E-state index in [1.54, 1.807) is 0 Å². The molecule has 0 aliphatic carbocycles. The minimum absolute atomic E-state index is 0.0386. The molecule has 6 nitrogen and oxygen atoms in total. The second kappa shape index (κ2) is 10.4. The first kappa shape index (κ1) is 23.9. The first-order chi connectivity index (χ1) is 17.5. The van der Waals surface area contributed by atoms with E-state index in [1.807, 2.05) is 60.4 Å². The van der Waals surface area contributed by atoms with E-state index in [9.17, 15) is 4.79 Å². The summed E-state index contributed by atoms with van der Waals surface area (Å²) >= 11 is 0. The Balaban J connectivity index is 1.32. The van der Waals surface area contributed by atoms with Gasteiger partial charge in [0.05, 0.1) is 24.2 Å². The van der Waals surface area contributed by atoms with Gasteiger partial charge in [0, 0.05) is 31.1 Å². The van der Waals surface area contributed by atoms with Gasteiger partial charge in [-0.25, -0.2) is 4.98 Å². The molecule has 6 heteroatoms. The van der Waals surface area contributed by atoms with Gasteiger partial charge >= 0.3 is 0 Å². The van der Waals surface area contributed by atoms with E-state index in [4.69, 9.17) is 14.5 Å². The topological polar surface area (TPSA) is 56.6 Å². The van der Waals surface area contributed by atoms with E-state index < -0.39 is 0 Å². The van der Waals surface area contributed by atoms with Crippen LogP contribution in [0.15, 0.2) is 66.7 Å². The van der Waals surface area contributed by atoms with Crippen molar-refractivity contribution in [2.45, 2.75) is 46.1 Å². The molecule has 0 N–H and O–H groups in total. The van der Waals surface area contributed by atoms with Crippen LogP contribution >= 0.6 is 0 Å². The van der Waals surface area contributed by atoms with E-state index in [0.29, 0.717) is 26.2 Å². The summed E-state index contributed by atoms with van der Waals surface area (Å²) in [4.78, 5) is 19.9. The van der Waals surface area contributed by atoms with Crippen LogP contribution in [0, 0.1) is 13.8 Å². The lowest BCUT2D eigenvalue weighted by Crippen LogP contribution is -2.24. The van der Waals surface area contributed by atoms with Crippen molar-refractivity contribution < 1.29 is 14.3 Å². The predicted octanol–water partition coefficient (Wildman–Crippen LogP) is 6.04. The molecule has 0 bridgehead atoms. The van der Waals surface area contributed by atoms with Crippen LogP contribution in [0.2, 0.25) is 0 Å². The number of para-hydroxylation sites is 2. The number of benzene rings is 3. The number of aromatic nitrogens is 2. The summed E-state index contributed by atoms with van der Waals surface area (Å²) in [7, 11) is 0. The Bertz CT molecular complexity index is 1360. The SMILES string of the molecule is CCOc1ccc(N2CC(c3nc4ccccc4n3CCCOc3ccc(C)cc3C)CC2=O)cc1. The fourth-order valence-electron chi connectivity index (χ4n) is 5.03. The van der Waals surface area contributed by atoms with Crippen molar-refractivity contribution in [3.8, 4) is 11.5 Å². The van der Waals surface area contributed by atoms with Crippen molar-refractivity contribution in [3.63, 3.8) is 0 Å². The van der Waals surface area contributed by atoms with Crippen molar-refractivity contribution in [1.29, 1.82) is 0 Å². The number of hydrogen-bond acceptors (Lipinski definition) is 4. The van der Waals surface area contributed by atoms with Gasteiger partial charge in [0.15, 0.2) is 0 Å². The van der Waals surface area contributed by atoms with Crippen LogP contribution in [0.5, 0.6) is 11.5 Å². The van der Waals surface area contributed by atoms with E-state index in [1.165, 1.54) is 5.56 Å². The molecule has 36 heavy (non-hydrogen) atoms. The molecule has 5 rings (SSSR count). The summed E-state index contributed by atoms with van der Waals surface area (Å²) in [6.45, 7) is 8.78. The van der Waals surface area contributed by atoms with Crippen LogP contribution in [0.25, 0.3) is 11.0 Å². The summed E-state index contributed by atoms with van der Waals surface area (Å²) in [6.07, 6.45) is 1.31. The summed E-state index contributed by atoms with van der Waals surface area (Å²) in [5, 5.41) is 0. The van der Waals surface area contributed by atoms with Crippen molar-refractivity contribution in [2.75, 3.05) is 24.7 Å². The van der Waals surface area contributed by atoms with Crippen LogP contribution < -0.4 is 14.4 Å². The van der Waals surface area contributed by atoms with Gasteiger partial charge in [0.2, 0.25) is 5.91 Å². The smallest absolute Gasteiger partial charge is 0.227 e. The number of imidazole rings is 1. The van der Waals surface area contributed by atoms with Crippen molar-refractivity contribution >= 4 is 22.6 Å². The molecule has 1 amide bonds. The number of aryl methyl sites for hydroxylation is 3. The Labute approximate surface area is 212 Å². The Morgan fingerprint density at radius 2 is 1.81 bits per heavy atom. The van der Waals surface area contributed by atoms with Gasteiger partial charge < -0.3 is 18.9 Å². The van der Waals surface area contributed by atoms with Crippen LogP contribution in [0.4, 0.5) is 5.69 Å². The number of carbonyl (C=O) groups is 1. The lowest BCUT2D eigenvalue weighted by Gasteiger charge is -2.18. The molecular weight excluding hydrogens is 450 g/mol. The zero-order valence-electron chi connectivity index (χ0n) is 21.2. The Morgan fingerprint density at radius 3 is 2.58 bits per heavy atom. The minimum Gasteiger partial charge on any atom is -0.494 e. The first-order valence-electron chi connectivity index (χ1n) is 12.7. The summed E-state index contributed by atoms with van der Waals surface area (Å²) in [5.74, 6) is 2.89. The molecule has 0 radical (unpaired) electrons. The average Bonchev–Trinajstić information content (AvgIpc) is 3.44. The molecule has 1 aliphatic heterocycles. The lowest BCUT2D eigenvalue weighted by atomic mass is 10.1. The van der Waals surface area contributed by atoms with E-state index in [2.05, 4.69) is 36.6 Å². The fraction of sp³-hybridized carbons (Fsp3) is 0.333. The predicted molar refractivity (Wildman–Crippen MR) is 143 cm³/mol. The second-order valence-corrected chi connectivity index (χ2v) is 9.41. The number of ether oxygens (including phenoxy) is 2. The molecule has 1 saturated heterocycles. The van der Waals surface area contributed by atoms with Gasteiger partial charge in [-0.05, 0) is 75.2 Å². The van der Waals surface area contributed by atoms with Crippen LogP contribution in [0.1, 0.15) is 42.6 Å². The first-order valence-corrected chi connectivity index (χ1v) is 12.7. The second-order valence-electron chi connectivity index (χ2n) is 9.41. The summed E-state index contributed by atoms with van der Waals surface area (Å²) < 4.78 is 13.9. The van der Waals surface area contributed by atoms with Gasteiger partial charge in [-0.1, -0.05) is 29.8 Å². The van der Waals surface area contributed by atoms with E-state index in [-0.39, 0.29) is 11.8 Å². The number of fused-ring (bicyclic) bond motifs is 1. The third-order valence-corrected chi connectivity index (χ3v) is 6.75. The molecular formula is C30H33N3O3. The van der Waals surface area contributed by atoms with E-state index >= 15 is 0 Å². The molecule has 1 aliphatic rings. The van der Waals surface area contributed by atoms with Crippen molar-refractivity contribution in [3.05, 3.63) is 83.7 Å². The maximum Gasteiger partial charge on any atom is 0.227 e. The zero-order chi connectivity index (χ0) is 25.1. The largest absolute Gasteiger partial charge is 0.494 e. The highest BCUT2D eigenvalue weighted by atomic mass is 16.5. The molecule has 2 heterocycles. The molecule has 0 spiro atoms. The number of rotatable bonds is 9. The molecule has 1 atom stereocenters. The van der Waals surface area contributed by atoms with Crippen LogP contribution in [-0.2, 0) is 11.3 Å². The fourth-order valence-corrected chi connectivity index (χ4v) is 5.03. The number of hydrogen-bond donors (Lipinski definition) is 0. The molecule has 1 aromatic heterocycles. The molecule has 3 aromatic carbocycles. The number of amides is 1. The summed E-state index contributed by atoms with van der Waals surface area (Å²) in [5.41, 5.74) is 5.36.